The molecular weight excluding hydrogens is 186 g/mol. The average Bonchev–Trinajstić information content (AvgIpc) is 2.49. The summed E-state index contributed by atoms with van der Waals surface area (Å²) in [6, 6.07) is 2.79. The molecule has 1 heterocycles. The van der Waals surface area contributed by atoms with E-state index in [0.717, 1.165) is 25.7 Å². The molecule has 1 atom stereocenters. The Morgan fingerprint density at radius 2 is 2.40 bits per heavy atom. The molecule has 0 spiro atoms. The molecule has 3 nitrogen and oxygen atoms in total. The summed E-state index contributed by atoms with van der Waals surface area (Å²) >= 11 is 0. The Kier molecular flexibility index (Phi) is 2.77. The lowest BCUT2D eigenvalue weighted by atomic mass is 10.0. The van der Waals surface area contributed by atoms with Crippen molar-refractivity contribution in [1.29, 1.82) is 5.26 Å². The maximum absolute atomic E-state index is 9.03. The SMILES string of the molecule is CC(C)n1ncc2c1C[C@H](C#N)CCC2. The Bertz CT molecular complexity index is 384. The summed E-state index contributed by atoms with van der Waals surface area (Å²) in [7, 11) is 0. The minimum Gasteiger partial charge on any atom is -0.267 e. The van der Waals surface area contributed by atoms with Crippen molar-refractivity contribution in [2.75, 3.05) is 0 Å². The van der Waals surface area contributed by atoms with E-state index in [1.165, 1.54) is 11.3 Å². The lowest BCUT2D eigenvalue weighted by molar-refractivity contribution is 0.488. The summed E-state index contributed by atoms with van der Waals surface area (Å²) in [6.07, 6.45) is 6.09. The Labute approximate surface area is 90.7 Å². The van der Waals surface area contributed by atoms with Gasteiger partial charge in [0, 0.05) is 18.2 Å². The molecule has 0 aromatic carbocycles. The lowest BCUT2D eigenvalue weighted by Crippen LogP contribution is -2.11. The second-order valence-corrected chi connectivity index (χ2v) is 4.58. The molecule has 0 saturated carbocycles. The highest BCUT2D eigenvalue weighted by Crippen LogP contribution is 2.25. The molecule has 1 aliphatic rings. The summed E-state index contributed by atoms with van der Waals surface area (Å²) in [5.41, 5.74) is 2.63. The second-order valence-electron chi connectivity index (χ2n) is 4.58. The number of nitrogens with zero attached hydrogens (tertiary/aromatic N) is 3. The molecule has 80 valence electrons. The van der Waals surface area contributed by atoms with E-state index in [1.54, 1.807) is 0 Å². The van der Waals surface area contributed by atoms with Crippen molar-refractivity contribution < 1.29 is 0 Å². The molecular formula is C12H17N3. The van der Waals surface area contributed by atoms with Crippen molar-refractivity contribution in [2.45, 2.75) is 45.6 Å². The third kappa shape index (κ3) is 1.90. The fourth-order valence-electron chi connectivity index (χ4n) is 2.29. The van der Waals surface area contributed by atoms with Gasteiger partial charge in [0.2, 0.25) is 0 Å². The van der Waals surface area contributed by atoms with E-state index in [2.05, 4.69) is 29.7 Å². The van der Waals surface area contributed by atoms with Crippen LogP contribution in [0.5, 0.6) is 0 Å². The van der Waals surface area contributed by atoms with Crippen molar-refractivity contribution in [3.63, 3.8) is 0 Å². The van der Waals surface area contributed by atoms with E-state index in [4.69, 9.17) is 5.26 Å². The minimum absolute atomic E-state index is 0.181. The van der Waals surface area contributed by atoms with Crippen molar-refractivity contribution >= 4 is 0 Å². The summed E-state index contributed by atoms with van der Waals surface area (Å²) in [5.74, 6) is 0.181. The number of hydrogen-bond donors (Lipinski definition) is 0. The van der Waals surface area contributed by atoms with Gasteiger partial charge in [-0.25, -0.2) is 0 Å². The Morgan fingerprint density at radius 1 is 1.60 bits per heavy atom. The maximum atomic E-state index is 9.03. The zero-order valence-electron chi connectivity index (χ0n) is 9.40. The van der Waals surface area contributed by atoms with Crippen LogP contribution in [0.3, 0.4) is 0 Å². The van der Waals surface area contributed by atoms with Gasteiger partial charge in [-0.3, -0.25) is 4.68 Å². The monoisotopic (exact) mass is 203 g/mol. The van der Waals surface area contributed by atoms with Gasteiger partial charge in [-0.05, 0) is 38.7 Å². The highest BCUT2D eigenvalue weighted by atomic mass is 15.3. The fourth-order valence-corrected chi connectivity index (χ4v) is 2.29. The predicted octanol–water partition coefficient (Wildman–Crippen LogP) is 2.48. The van der Waals surface area contributed by atoms with E-state index in [0.29, 0.717) is 6.04 Å². The number of hydrogen-bond acceptors (Lipinski definition) is 2. The highest BCUT2D eigenvalue weighted by Gasteiger charge is 2.21. The molecule has 0 radical (unpaired) electrons. The molecule has 2 rings (SSSR count). The minimum atomic E-state index is 0.181. The molecule has 1 aromatic heterocycles. The standard InChI is InChI=1S/C12H17N3/c1-9(2)15-12-6-10(7-13)4-3-5-11(12)8-14-15/h8-10H,3-6H2,1-2H3/t10-/m1/s1. The van der Waals surface area contributed by atoms with Crippen LogP contribution in [0.2, 0.25) is 0 Å². The van der Waals surface area contributed by atoms with Crippen molar-refractivity contribution in [3.8, 4) is 6.07 Å². The van der Waals surface area contributed by atoms with Gasteiger partial charge in [0.25, 0.3) is 0 Å². The fraction of sp³-hybridized carbons (Fsp3) is 0.667. The molecule has 0 N–H and O–H groups in total. The number of aryl methyl sites for hydroxylation is 1. The zero-order valence-corrected chi connectivity index (χ0v) is 9.40. The lowest BCUT2D eigenvalue weighted by Gasteiger charge is -2.12. The molecule has 0 amide bonds. The van der Waals surface area contributed by atoms with Crippen LogP contribution in [0.15, 0.2) is 6.20 Å². The van der Waals surface area contributed by atoms with Gasteiger partial charge in [0.05, 0.1) is 18.2 Å². The van der Waals surface area contributed by atoms with Crippen molar-refractivity contribution in [2.24, 2.45) is 5.92 Å². The average molecular weight is 203 g/mol. The van der Waals surface area contributed by atoms with Gasteiger partial charge >= 0.3 is 0 Å². The van der Waals surface area contributed by atoms with E-state index >= 15 is 0 Å². The van der Waals surface area contributed by atoms with Crippen molar-refractivity contribution in [3.05, 3.63) is 17.5 Å². The first kappa shape index (κ1) is 10.2. The summed E-state index contributed by atoms with van der Waals surface area (Å²) < 4.78 is 2.07. The van der Waals surface area contributed by atoms with E-state index < -0.39 is 0 Å². The predicted molar refractivity (Wildman–Crippen MR) is 58.4 cm³/mol. The molecule has 3 heteroatoms. The van der Waals surface area contributed by atoms with Crippen LogP contribution in [-0.2, 0) is 12.8 Å². The van der Waals surface area contributed by atoms with Gasteiger partial charge in [-0.1, -0.05) is 0 Å². The molecule has 0 fully saturated rings. The van der Waals surface area contributed by atoms with Crippen LogP contribution in [0.4, 0.5) is 0 Å². The number of fused-ring (bicyclic) bond motifs is 1. The van der Waals surface area contributed by atoms with E-state index in [-0.39, 0.29) is 5.92 Å². The van der Waals surface area contributed by atoms with Crippen molar-refractivity contribution in [1.82, 2.24) is 9.78 Å². The van der Waals surface area contributed by atoms with Crippen LogP contribution in [0, 0.1) is 17.2 Å². The Balaban J connectivity index is 2.35. The topological polar surface area (TPSA) is 41.6 Å². The van der Waals surface area contributed by atoms with Crippen LogP contribution in [0.1, 0.15) is 44.0 Å². The first-order valence-corrected chi connectivity index (χ1v) is 5.67. The highest BCUT2D eigenvalue weighted by molar-refractivity contribution is 5.21. The molecule has 1 aromatic rings. The molecule has 1 aliphatic carbocycles. The molecule has 15 heavy (non-hydrogen) atoms. The van der Waals surface area contributed by atoms with Gasteiger partial charge in [0.1, 0.15) is 0 Å². The quantitative estimate of drug-likeness (QED) is 0.658. The first-order valence-electron chi connectivity index (χ1n) is 5.67. The molecule has 0 bridgehead atoms. The first-order chi connectivity index (χ1) is 7.22. The third-order valence-electron chi connectivity index (χ3n) is 3.10. The summed E-state index contributed by atoms with van der Waals surface area (Å²) in [4.78, 5) is 0. The molecule has 0 unspecified atom stereocenters. The number of aromatic nitrogens is 2. The Morgan fingerprint density at radius 3 is 3.07 bits per heavy atom. The van der Waals surface area contributed by atoms with E-state index in [9.17, 15) is 0 Å². The number of nitriles is 1. The van der Waals surface area contributed by atoms with Gasteiger partial charge < -0.3 is 0 Å². The summed E-state index contributed by atoms with van der Waals surface area (Å²) in [5, 5.41) is 13.4. The van der Waals surface area contributed by atoms with E-state index in [1.807, 2.05) is 6.20 Å². The normalized spacial score (nSPS) is 20.8. The molecule has 0 aliphatic heterocycles. The maximum Gasteiger partial charge on any atom is 0.0659 e. The van der Waals surface area contributed by atoms with Crippen LogP contribution < -0.4 is 0 Å². The zero-order chi connectivity index (χ0) is 10.8. The second kappa shape index (κ2) is 4.06. The van der Waals surface area contributed by atoms with Crippen LogP contribution >= 0.6 is 0 Å². The van der Waals surface area contributed by atoms with Crippen LogP contribution in [-0.4, -0.2) is 9.78 Å². The molecule has 0 saturated heterocycles. The van der Waals surface area contributed by atoms with Crippen LogP contribution in [0.25, 0.3) is 0 Å². The third-order valence-corrected chi connectivity index (χ3v) is 3.10. The number of rotatable bonds is 1. The van der Waals surface area contributed by atoms with Gasteiger partial charge in [-0.2, -0.15) is 10.4 Å². The van der Waals surface area contributed by atoms with Gasteiger partial charge in [-0.15, -0.1) is 0 Å². The Hall–Kier alpha value is -1.30. The smallest absolute Gasteiger partial charge is 0.0659 e. The largest absolute Gasteiger partial charge is 0.267 e. The summed E-state index contributed by atoms with van der Waals surface area (Å²) in [6.45, 7) is 4.28. The van der Waals surface area contributed by atoms with Gasteiger partial charge in [0.15, 0.2) is 0 Å².